The number of benzene rings is 1. The minimum atomic E-state index is -0.249. The quantitative estimate of drug-likeness (QED) is 0.533. The Morgan fingerprint density at radius 2 is 2.11 bits per heavy atom. The number of aromatic nitrogens is 4. The zero-order chi connectivity index (χ0) is 18.6. The summed E-state index contributed by atoms with van der Waals surface area (Å²) in [5.41, 5.74) is 3.15. The molecule has 4 rings (SSSR count). The fourth-order valence-electron chi connectivity index (χ4n) is 3.03. The highest BCUT2D eigenvalue weighted by molar-refractivity contribution is 5.93. The second-order valence-corrected chi connectivity index (χ2v) is 6.23. The van der Waals surface area contributed by atoms with Gasteiger partial charge in [0, 0.05) is 37.1 Å². The summed E-state index contributed by atoms with van der Waals surface area (Å²) in [5, 5.41) is 6.73. The molecule has 27 heavy (non-hydrogen) atoms. The number of pyridine rings is 1. The van der Waals surface area contributed by atoms with Crippen LogP contribution in [0.15, 0.2) is 59.4 Å². The minimum absolute atomic E-state index is 0.249. The van der Waals surface area contributed by atoms with Crippen molar-refractivity contribution >= 4 is 16.9 Å². The smallest absolute Gasteiger partial charge is 0.273 e. The second-order valence-electron chi connectivity index (χ2n) is 6.23. The van der Waals surface area contributed by atoms with E-state index in [0.717, 1.165) is 35.4 Å². The van der Waals surface area contributed by atoms with E-state index >= 15 is 0 Å². The largest absolute Gasteiger partial charge is 0.355 e. The number of amides is 1. The van der Waals surface area contributed by atoms with Crippen molar-refractivity contribution in [2.45, 2.75) is 19.9 Å². The van der Waals surface area contributed by atoms with E-state index in [1.807, 2.05) is 31.2 Å². The number of imidazole rings is 1. The van der Waals surface area contributed by atoms with Gasteiger partial charge in [-0.1, -0.05) is 17.3 Å². The lowest BCUT2D eigenvalue weighted by Gasteiger charge is -2.07. The molecule has 4 aromatic rings. The first-order valence-electron chi connectivity index (χ1n) is 8.79. The average Bonchev–Trinajstić information content (AvgIpc) is 3.31. The van der Waals surface area contributed by atoms with Crippen LogP contribution >= 0.6 is 0 Å². The van der Waals surface area contributed by atoms with E-state index in [2.05, 4.69) is 31.1 Å². The van der Waals surface area contributed by atoms with Gasteiger partial charge in [0.1, 0.15) is 5.82 Å². The molecule has 7 heteroatoms. The van der Waals surface area contributed by atoms with Gasteiger partial charge in [0.2, 0.25) is 0 Å². The number of rotatable bonds is 6. The molecule has 136 valence electrons. The van der Waals surface area contributed by atoms with Gasteiger partial charge >= 0.3 is 0 Å². The fourth-order valence-corrected chi connectivity index (χ4v) is 3.03. The monoisotopic (exact) mass is 361 g/mol. The molecule has 0 unspecified atom stereocenters. The van der Waals surface area contributed by atoms with Crippen molar-refractivity contribution in [2.24, 2.45) is 0 Å². The first-order valence-corrected chi connectivity index (χ1v) is 8.79. The van der Waals surface area contributed by atoms with Crippen molar-refractivity contribution in [3.63, 3.8) is 0 Å². The fraction of sp³-hybridized carbons (Fsp3) is 0.200. The lowest BCUT2D eigenvalue weighted by molar-refractivity contribution is 0.0944. The molecule has 0 aliphatic rings. The van der Waals surface area contributed by atoms with Crippen molar-refractivity contribution in [1.29, 1.82) is 0 Å². The molecule has 3 heterocycles. The first-order chi connectivity index (χ1) is 13.2. The number of carbonyl (C=O) groups is 1. The Bertz CT molecular complexity index is 1070. The number of hydrogen-bond donors (Lipinski definition) is 1. The van der Waals surface area contributed by atoms with Gasteiger partial charge in [0.25, 0.3) is 5.91 Å². The molecule has 1 N–H and O–H groups in total. The number of nitrogens with zero attached hydrogens (tertiary/aromatic N) is 4. The third kappa shape index (κ3) is 3.57. The van der Waals surface area contributed by atoms with Gasteiger partial charge in [-0.3, -0.25) is 9.78 Å². The van der Waals surface area contributed by atoms with E-state index < -0.39 is 0 Å². The number of hydrogen-bond acceptors (Lipinski definition) is 5. The lowest BCUT2D eigenvalue weighted by Crippen LogP contribution is -2.25. The maximum absolute atomic E-state index is 12.3. The molecule has 0 bridgehead atoms. The van der Waals surface area contributed by atoms with Crippen LogP contribution in [0, 0.1) is 6.92 Å². The molecule has 0 spiro atoms. The topological polar surface area (TPSA) is 85.8 Å². The summed E-state index contributed by atoms with van der Waals surface area (Å²) in [5.74, 6) is 1.25. The molecule has 0 radical (unpaired) electrons. The molecule has 0 aliphatic carbocycles. The van der Waals surface area contributed by atoms with Crippen LogP contribution in [0.25, 0.3) is 22.4 Å². The summed E-state index contributed by atoms with van der Waals surface area (Å²) >= 11 is 0. The highest BCUT2D eigenvalue weighted by Gasteiger charge is 2.13. The van der Waals surface area contributed by atoms with Crippen molar-refractivity contribution in [3.8, 4) is 11.3 Å². The van der Waals surface area contributed by atoms with Gasteiger partial charge in [0.15, 0.2) is 11.5 Å². The van der Waals surface area contributed by atoms with Gasteiger partial charge in [-0.2, -0.15) is 0 Å². The Hall–Kier alpha value is -3.48. The van der Waals surface area contributed by atoms with Crippen LogP contribution < -0.4 is 5.32 Å². The summed E-state index contributed by atoms with van der Waals surface area (Å²) in [6.45, 7) is 3.32. The van der Waals surface area contributed by atoms with Crippen LogP contribution in [0.1, 0.15) is 22.7 Å². The molecule has 3 aromatic heterocycles. The number of aryl methyl sites for hydroxylation is 2. The van der Waals surface area contributed by atoms with Crippen molar-refractivity contribution in [3.05, 3.63) is 66.4 Å². The average molecular weight is 361 g/mol. The summed E-state index contributed by atoms with van der Waals surface area (Å²) in [6, 6.07) is 13.3. The maximum Gasteiger partial charge on any atom is 0.273 e. The van der Waals surface area contributed by atoms with E-state index in [0.29, 0.717) is 12.3 Å². The van der Waals surface area contributed by atoms with Crippen LogP contribution in [-0.4, -0.2) is 32.1 Å². The molecule has 1 aromatic carbocycles. The van der Waals surface area contributed by atoms with Gasteiger partial charge in [-0.15, -0.1) is 0 Å². The second kappa shape index (κ2) is 7.41. The Labute approximate surface area is 156 Å². The lowest BCUT2D eigenvalue weighted by atomic mass is 10.2. The highest BCUT2D eigenvalue weighted by Crippen LogP contribution is 2.19. The van der Waals surface area contributed by atoms with E-state index in [-0.39, 0.29) is 11.6 Å². The van der Waals surface area contributed by atoms with Crippen LogP contribution in [0.2, 0.25) is 0 Å². The van der Waals surface area contributed by atoms with Crippen LogP contribution in [0.5, 0.6) is 0 Å². The maximum atomic E-state index is 12.3. The van der Waals surface area contributed by atoms with E-state index in [4.69, 9.17) is 4.52 Å². The van der Waals surface area contributed by atoms with Gasteiger partial charge < -0.3 is 14.4 Å². The third-order valence-electron chi connectivity index (χ3n) is 4.38. The van der Waals surface area contributed by atoms with Gasteiger partial charge in [-0.25, -0.2) is 4.98 Å². The molecule has 0 saturated carbocycles. The zero-order valence-corrected chi connectivity index (χ0v) is 14.9. The van der Waals surface area contributed by atoms with Gasteiger partial charge in [0.05, 0.1) is 11.0 Å². The first kappa shape index (κ1) is 17.0. The zero-order valence-electron chi connectivity index (χ0n) is 14.9. The predicted octanol–water partition coefficient (Wildman–Crippen LogP) is 3.21. The molecule has 1 amide bonds. The van der Waals surface area contributed by atoms with Gasteiger partial charge in [-0.05, 0) is 37.6 Å². The summed E-state index contributed by atoms with van der Waals surface area (Å²) < 4.78 is 7.40. The summed E-state index contributed by atoms with van der Waals surface area (Å²) in [4.78, 5) is 20.8. The molecule has 0 fully saturated rings. The Kier molecular flexibility index (Phi) is 4.65. The SMILES string of the molecule is Cc1nc2ccccc2n1CCCNC(=O)c1cc(-c2cccnc2)on1. The molecule has 0 atom stereocenters. The highest BCUT2D eigenvalue weighted by atomic mass is 16.5. The van der Waals surface area contributed by atoms with Crippen molar-refractivity contribution < 1.29 is 9.32 Å². The number of para-hydroxylation sites is 2. The van der Waals surface area contributed by atoms with Crippen LogP contribution in [0.4, 0.5) is 0 Å². The number of nitrogens with one attached hydrogen (secondary N) is 1. The van der Waals surface area contributed by atoms with Crippen LogP contribution in [0.3, 0.4) is 0 Å². The summed E-state index contributed by atoms with van der Waals surface area (Å²) in [7, 11) is 0. The Morgan fingerprint density at radius 1 is 1.22 bits per heavy atom. The number of fused-ring (bicyclic) bond motifs is 1. The molecular weight excluding hydrogens is 342 g/mol. The standard InChI is InChI=1S/C20H19N5O2/c1-14-23-16-7-2-3-8-18(16)25(14)11-5-10-22-20(26)17-12-19(27-24-17)15-6-4-9-21-13-15/h2-4,6-9,12-13H,5,10-11H2,1H3,(H,22,26). The van der Waals surface area contributed by atoms with Crippen molar-refractivity contribution in [2.75, 3.05) is 6.54 Å². The normalized spacial score (nSPS) is 11.0. The Morgan fingerprint density at radius 3 is 2.96 bits per heavy atom. The van der Waals surface area contributed by atoms with Crippen molar-refractivity contribution in [1.82, 2.24) is 25.0 Å². The van der Waals surface area contributed by atoms with Crippen LogP contribution in [-0.2, 0) is 6.54 Å². The molecule has 0 aliphatic heterocycles. The number of carbonyl (C=O) groups excluding carboxylic acids is 1. The molecule has 0 saturated heterocycles. The summed E-state index contributed by atoms with van der Waals surface area (Å²) in [6.07, 6.45) is 4.14. The minimum Gasteiger partial charge on any atom is -0.355 e. The molecule has 7 nitrogen and oxygen atoms in total. The van der Waals surface area contributed by atoms with E-state index in [9.17, 15) is 4.79 Å². The molecular formula is C20H19N5O2. The van der Waals surface area contributed by atoms with E-state index in [1.54, 1.807) is 24.5 Å². The Balaban J connectivity index is 1.33. The predicted molar refractivity (Wildman–Crippen MR) is 101 cm³/mol. The third-order valence-corrected chi connectivity index (χ3v) is 4.38. The van der Waals surface area contributed by atoms with E-state index in [1.165, 1.54) is 0 Å².